The summed E-state index contributed by atoms with van der Waals surface area (Å²) in [5.41, 5.74) is 3.12. The second-order valence-electron chi connectivity index (χ2n) is 7.51. The number of phenols is 1. The molecule has 3 atom stereocenters. The fourth-order valence-corrected chi connectivity index (χ4v) is 4.55. The zero-order chi connectivity index (χ0) is 13.9. The molecule has 0 spiro atoms. The maximum absolute atomic E-state index is 9.85. The van der Waals surface area contributed by atoms with Crippen molar-refractivity contribution in [1.29, 1.82) is 0 Å². The Morgan fingerprint density at radius 3 is 2.90 bits per heavy atom. The normalized spacial score (nSPS) is 36.7. The predicted octanol–water partition coefficient (Wildman–Crippen LogP) is 3.33. The van der Waals surface area contributed by atoms with Gasteiger partial charge in [-0.1, -0.05) is 19.9 Å². The van der Waals surface area contributed by atoms with Gasteiger partial charge in [0.05, 0.1) is 0 Å². The van der Waals surface area contributed by atoms with Crippen LogP contribution in [0.25, 0.3) is 0 Å². The van der Waals surface area contributed by atoms with Gasteiger partial charge in [0.15, 0.2) is 0 Å². The number of aromatic hydroxyl groups is 1. The van der Waals surface area contributed by atoms with Crippen molar-refractivity contribution >= 4 is 0 Å². The molecule has 1 unspecified atom stereocenters. The monoisotopic (exact) mass is 271 g/mol. The van der Waals surface area contributed by atoms with Crippen molar-refractivity contribution in [3.05, 3.63) is 29.3 Å². The van der Waals surface area contributed by atoms with Gasteiger partial charge < -0.3 is 5.11 Å². The maximum Gasteiger partial charge on any atom is 0.115 e. The highest BCUT2D eigenvalue weighted by Gasteiger charge is 2.48. The number of hydrogen-bond donors (Lipinski definition) is 1. The summed E-state index contributed by atoms with van der Waals surface area (Å²) >= 11 is 0. The zero-order valence-corrected chi connectivity index (χ0v) is 12.6. The standard InChI is InChI=1S/C18H25NO/c1-12-17-9-14-5-6-15(20)10-16(14)18(12,2)7-8-19(17)11-13-3-4-13/h5-6,10,12-13,17,20H,3-4,7-9,11H2,1-2H3/t12?,17-,18-/m0/s1. The molecule has 2 nitrogen and oxygen atoms in total. The van der Waals surface area contributed by atoms with Crippen LogP contribution in [0.5, 0.6) is 5.75 Å². The molecule has 0 radical (unpaired) electrons. The molecule has 2 fully saturated rings. The molecular formula is C18H25NO. The van der Waals surface area contributed by atoms with E-state index in [0.29, 0.717) is 17.7 Å². The number of piperidine rings is 1. The Hall–Kier alpha value is -1.02. The fraction of sp³-hybridized carbons (Fsp3) is 0.667. The highest BCUT2D eigenvalue weighted by molar-refractivity contribution is 5.44. The molecule has 4 rings (SSSR count). The largest absolute Gasteiger partial charge is 0.508 e. The van der Waals surface area contributed by atoms with E-state index in [0.717, 1.165) is 5.92 Å². The smallest absolute Gasteiger partial charge is 0.115 e. The van der Waals surface area contributed by atoms with Crippen LogP contribution < -0.4 is 0 Å². The van der Waals surface area contributed by atoms with Gasteiger partial charge in [0, 0.05) is 12.6 Å². The van der Waals surface area contributed by atoms with Crippen molar-refractivity contribution in [3.8, 4) is 5.75 Å². The van der Waals surface area contributed by atoms with Crippen LogP contribution in [-0.4, -0.2) is 29.1 Å². The van der Waals surface area contributed by atoms with Gasteiger partial charge in [0.1, 0.15) is 5.75 Å². The Balaban J connectivity index is 1.71. The molecular weight excluding hydrogens is 246 g/mol. The molecule has 1 saturated heterocycles. The number of benzene rings is 1. The van der Waals surface area contributed by atoms with Gasteiger partial charge in [-0.15, -0.1) is 0 Å². The van der Waals surface area contributed by atoms with Gasteiger partial charge in [-0.3, -0.25) is 4.90 Å². The molecule has 1 aromatic carbocycles. The van der Waals surface area contributed by atoms with Gasteiger partial charge >= 0.3 is 0 Å². The number of phenolic OH excluding ortho intramolecular Hbond substituents is 1. The lowest BCUT2D eigenvalue weighted by Crippen LogP contribution is -2.58. The van der Waals surface area contributed by atoms with Crippen molar-refractivity contribution in [3.63, 3.8) is 0 Å². The van der Waals surface area contributed by atoms with Crippen LogP contribution in [0.4, 0.5) is 0 Å². The third-order valence-electron chi connectivity index (χ3n) is 6.30. The Kier molecular flexibility index (Phi) is 2.69. The first-order chi connectivity index (χ1) is 9.58. The highest BCUT2D eigenvalue weighted by Crippen LogP contribution is 2.49. The fourth-order valence-electron chi connectivity index (χ4n) is 4.55. The minimum atomic E-state index is 0.247. The van der Waals surface area contributed by atoms with E-state index in [1.165, 1.54) is 49.9 Å². The van der Waals surface area contributed by atoms with E-state index in [4.69, 9.17) is 0 Å². The average molecular weight is 271 g/mol. The summed E-state index contributed by atoms with van der Waals surface area (Å²) < 4.78 is 0. The summed E-state index contributed by atoms with van der Waals surface area (Å²) in [5, 5.41) is 9.85. The van der Waals surface area contributed by atoms with Crippen molar-refractivity contribution < 1.29 is 5.11 Å². The molecule has 0 aromatic heterocycles. The second-order valence-corrected chi connectivity index (χ2v) is 7.51. The van der Waals surface area contributed by atoms with E-state index in [9.17, 15) is 5.11 Å². The predicted molar refractivity (Wildman–Crippen MR) is 81.0 cm³/mol. The number of likely N-dealkylation sites (tertiary alicyclic amines) is 1. The topological polar surface area (TPSA) is 23.5 Å². The van der Waals surface area contributed by atoms with E-state index >= 15 is 0 Å². The quantitative estimate of drug-likeness (QED) is 0.892. The minimum absolute atomic E-state index is 0.247. The highest BCUT2D eigenvalue weighted by atomic mass is 16.3. The van der Waals surface area contributed by atoms with Gasteiger partial charge in [-0.05, 0) is 72.7 Å². The molecule has 0 amide bonds. The number of rotatable bonds is 2. The van der Waals surface area contributed by atoms with E-state index in [1.54, 1.807) is 0 Å². The molecule has 1 aliphatic heterocycles. The Morgan fingerprint density at radius 2 is 2.15 bits per heavy atom. The average Bonchev–Trinajstić information content (AvgIpc) is 3.22. The Labute approximate surface area is 121 Å². The summed E-state index contributed by atoms with van der Waals surface area (Å²) in [6, 6.07) is 6.74. The van der Waals surface area contributed by atoms with E-state index < -0.39 is 0 Å². The van der Waals surface area contributed by atoms with Gasteiger partial charge in [0.2, 0.25) is 0 Å². The Bertz CT molecular complexity index is 536. The zero-order valence-electron chi connectivity index (χ0n) is 12.6. The van der Waals surface area contributed by atoms with Gasteiger partial charge in [0.25, 0.3) is 0 Å². The first-order valence-corrected chi connectivity index (χ1v) is 8.14. The molecule has 108 valence electrons. The molecule has 20 heavy (non-hydrogen) atoms. The summed E-state index contributed by atoms with van der Waals surface area (Å²) in [5.74, 6) is 2.09. The first-order valence-electron chi connectivity index (χ1n) is 8.14. The maximum atomic E-state index is 9.85. The lowest BCUT2D eigenvalue weighted by atomic mass is 9.59. The van der Waals surface area contributed by atoms with Crippen molar-refractivity contribution in [1.82, 2.24) is 4.90 Å². The first kappa shape index (κ1) is 12.7. The van der Waals surface area contributed by atoms with Crippen LogP contribution in [0.15, 0.2) is 18.2 Å². The summed E-state index contributed by atoms with van der Waals surface area (Å²) in [7, 11) is 0. The van der Waals surface area contributed by atoms with Crippen molar-refractivity contribution in [2.45, 2.75) is 51.0 Å². The summed E-state index contributed by atoms with van der Waals surface area (Å²) in [6.07, 6.45) is 5.28. The molecule has 1 saturated carbocycles. The van der Waals surface area contributed by atoms with Gasteiger partial charge in [-0.2, -0.15) is 0 Å². The SMILES string of the molecule is CC1[C@@H]2Cc3ccc(O)cc3[C@@]1(C)CCN2CC1CC1. The third kappa shape index (κ3) is 1.81. The molecule has 1 heterocycles. The second kappa shape index (κ2) is 4.24. The minimum Gasteiger partial charge on any atom is -0.508 e. The van der Waals surface area contributed by atoms with E-state index in [1.807, 2.05) is 12.1 Å². The molecule has 2 heteroatoms. The molecule has 1 aromatic rings. The van der Waals surface area contributed by atoms with Crippen LogP contribution in [0.3, 0.4) is 0 Å². The van der Waals surface area contributed by atoms with E-state index in [-0.39, 0.29) is 5.41 Å². The van der Waals surface area contributed by atoms with Crippen LogP contribution in [-0.2, 0) is 11.8 Å². The third-order valence-corrected chi connectivity index (χ3v) is 6.30. The molecule has 1 N–H and O–H groups in total. The number of fused-ring (bicyclic) bond motifs is 4. The number of nitrogens with zero attached hydrogens (tertiary/aromatic N) is 1. The molecule has 2 aliphatic carbocycles. The van der Waals surface area contributed by atoms with Crippen molar-refractivity contribution in [2.24, 2.45) is 11.8 Å². The Morgan fingerprint density at radius 1 is 1.35 bits per heavy atom. The van der Waals surface area contributed by atoms with Crippen molar-refractivity contribution in [2.75, 3.05) is 13.1 Å². The van der Waals surface area contributed by atoms with Crippen LogP contribution >= 0.6 is 0 Å². The van der Waals surface area contributed by atoms with Crippen LogP contribution in [0, 0.1) is 11.8 Å². The molecule has 3 aliphatic rings. The van der Waals surface area contributed by atoms with Crippen LogP contribution in [0.2, 0.25) is 0 Å². The molecule has 2 bridgehead atoms. The number of hydrogen-bond acceptors (Lipinski definition) is 2. The summed E-state index contributed by atoms with van der Waals surface area (Å²) in [4.78, 5) is 2.76. The lowest BCUT2D eigenvalue weighted by molar-refractivity contribution is 0.0283. The summed E-state index contributed by atoms with van der Waals surface area (Å²) in [6.45, 7) is 7.39. The van der Waals surface area contributed by atoms with Gasteiger partial charge in [-0.25, -0.2) is 0 Å². The lowest BCUT2D eigenvalue weighted by Gasteiger charge is -2.54. The van der Waals surface area contributed by atoms with Crippen LogP contribution in [0.1, 0.15) is 44.2 Å². The van der Waals surface area contributed by atoms with E-state index in [2.05, 4.69) is 24.8 Å².